The monoisotopic (exact) mass is 362 g/mol. The number of carbonyl (C=O) groups is 1. The summed E-state index contributed by atoms with van der Waals surface area (Å²) >= 11 is 0. The van der Waals surface area contributed by atoms with Gasteiger partial charge in [-0.1, -0.05) is 12.1 Å². The molecule has 0 aliphatic heterocycles. The lowest BCUT2D eigenvalue weighted by Gasteiger charge is -2.17. The second kappa shape index (κ2) is 8.13. The summed E-state index contributed by atoms with van der Waals surface area (Å²) in [4.78, 5) is 11.2. The van der Waals surface area contributed by atoms with Gasteiger partial charge in [-0.15, -0.1) is 0 Å². The number of likely N-dealkylation sites (N-methyl/N-ethyl adjacent to an activating group) is 1. The highest BCUT2D eigenvalue weighted by Gasteiger charge is 2.20. The Hall–Kier alpha value is -2.38. The van der Waals surface area contributed by atoms with Crippen molar-refractivity contribution < 1.29 is 17.9 Å². The van der Waals surface area contributed by atoms with Crippen LogP contribution >= 0.6 is 0 Å². The van der Waals surface area contributed by atoms with E-state index >= 15 is 0 Å². The number of hydrogen-bond acceptors (Lipinski definition) is 4. The lowest BCUT2D eigenvalue weighted by molar-refractivity contribution is -0.114. The number of nitrogens with one attached hydrogen (secondary N) is 1. The summed E-state index contributed by atoms with van der Waals surface area (Å²) in [6, 6.07) is 13.7. The fourth-order valence-electron chi connectivity index (χ4n) is 2.29. The smallest absolute Gasteiger partial charge is 0.242 e. The average Bonchev–Trinajstić information content (AvgIpc) is 2.60. The van der Waals surface area contributed by atoms with E-state index in [2.05, 4.69) is 5.32 Å². The van der Waals surface area contributed by atoms with Crippen LogP contribution in [0.5, 0.6) is 5.75 Å². The molecule has 0 radical (unpaired) electrons. The van der Waals surface area contributed by atoms with Crippen molar-refractivity contribution in [2.75, 3.05) is 26.0 Å². The maximum absolute atomic E-state index is 12.6. The number of carbonyl (C=O) groups excluding carboxylic acids is 1. The average molecular weight is 362 g/mol. The van der Waals surface area contributed by atoms with Crippen molar-refractivity contribution in [3.63, 3.8) is 0 Å². The molecule has 0 heterocycles. The lowest BCUT2D eigenvalue weighted by atomic mass is 10.1. The molecule has 0 aromatic heterocycles. The molecule has 0 bridgehead atoms. The van der Waals surface area contributed by atoms with Crippen LogP contribution < -0.4 is 10.1 Å². The van der Waals surface area contributed by atoms with Gasteiger partial charge in [0.15, 0.2) is 0 Å². The third kappa shape index (κ3) is 5.04. The molecule has 0 saturated heterocycles. The van der Waals surface area contributed by atoms with E-state index in [4.69, 9.17) is 4.74 Å². The highest BCUT2D eigenvalue weighted by Crippen LogP contribution is 2.18. The van der Waals surface area contributed by atoms with Crippen LogP contribution in [0.15, 0.2) is 53.4 Å². The maximum atomic E-state index is 12.6. The topological polar surface area (TPSA) is 75.7 Å². The predicted molar refractivity (Wildman–Crippen MR) is 97.3 cm³/mol. The first-order valence-corrected chi connectivity index (χ1v) is 9.24. The quantitative estimate of drug-likeness (QED) is 0.821. The summed E-state index contributed by atoms with van der Waals surface area (Å²) in [5, 5.41) is 2.61. The molecule has 2 aromatic rings. The number of rotatable bonds is 7. The number of sulfonamides is 1. The minimum absolute atomic E-state index is 0.193. The first kappa shape index (κ1) is 19.0. The normalized spacial score (nSPS) is 11.4. The van der Waals surface area contributed by atoms with E-state index in [1.54, 1.807) is 26.3 Å². The number of ether oxygens (including phenoxy) is 1. The van der Waals surface area contributed by atoms with Gasteiger partial charge >= 0.3 is 0 Å². The second-order valence-corrected chi connectivity index (χ2v) is 7.68. The Morgan fingerprint density at radius 2 is 1.68 bits per heavy atom. The van der Waals surface area contributed by atoms with Crippen molar-refractivity contribution in [2.45, 2.75) is 18.2 Å². The summed E-state index contributed by atoms with van der Waals surface area (Å²) in [6.45, 7) is 1.76. The van der Waals surface area contributed by atoms with E-state index < -0.39 is 10.0 Å². The predicted octanol–water partition coefficient (Wildman–Crippen LogP) is 2.52. The largest absolute Gasteiger partial charge is 0.497 e. The first-order valence-electron chi connectivity index (χ1n) is 7.80. The first-order chi connectivity index (χ1) is 11.8. The number of amides is 1. The molecule has 2 aromatic carbocycles. The Morgan fingerprint density at radius 3 is 2.20 bits per heavy atom. The van der Waals surface area contributed by atoms with Crippen molar-refractivity contribution in [1.82, 2.24) is 4.31 Å². The third-order valence-corrected chi connectivity index (χ3v) is 5.63. The van der Waals surface area contributed by atoms with Gasteiger partial charge in [-0.3, -0.25) is 4.79 Å². The van der Waals surface area contributed by atoms with Crippen LogP contribution in [0.1, 0.15) is 12.5 Å². The van der Waals surface area contributed by atoms with Crippen LogP contribution in [-0.2, 0) is 21.2 Å². The summed E-state index contributed by atoms with van der Waals surface area (Å²) in [5.41, 5.74) is 1.59. The van der Waals surface area contributed by atoms with Crippen molar-refractivity contribution in [3.8, 4) is 5.75 Å². The minimum atomic E-state index is -3.57. The molecule has 1 amide bonds. The molecular weight excluding hydrogens is 340 g/mol. The fourth-order valence-corrected chi connectivity index (χ4v) is 3.46. The van der Waals surface area contributed by atoms with Crippen molar-refractivity contribution >= 4 is 21.6 Å². The minimum Gasteiger partial charge on any atom is -0.497 e. The summed E-state index contributed by atoms with van der Waals surface area (Å²) in [6.07, 6.45) is 0.601. The standard InChI is InChI=1S/C18H22N2O4S/c1-14(21)19-16-6-10-18(11-7-16)25(22,23)20(2)13-12-15-4-8-17(24-3)9-5-15/h4-11H,12-13H2,1-3H3,(H,19,21). The number of hydrogen-bond donors (Lipinski definition) is 1. The van der Waals surface area contributed by atoms with Crippen LogP contribution in [0.3, 0.4) is 0 Å². The number of nitrogens with zero attached hydrogens (tertiary/aromatic N) is 1. The number of benzene rings is 2. The van der Waals surface area contributed by atoms with E-state index in [1.165, 1.54) is 23.4 Å². The second-order valence-electron chi connectivity index (χ2n) is 5.63. The fraction of sp³-hybridized carbons (Fsp3) is 0.278. The Balaban J connectivity index is 2.03. The van der Waals surface area contributed by atoms with Gasteiger partial charge in [-0.25, -0.2) is 12.7 Å². The summed E-state index contributed by atoms with van der Waals surface area (Å²) in [7, 11) is -0.411. The molecule has 134 valence electrons. The number of methoxy groups -OCH3 is 1. The molecule has 0 aliphatic carbocycles. The molecule has 0 fully saturated rings. The van der Waals surface area contributed by atoms with Gasteiger partial charge < -0.3 is 10.1 Å². The van der Waals surface area contributed by atoms with Gasteiger partial charge in [-0.2, -0.15) is 0 Å². The number of anilines is 1. The molecule has 0 unspecified atom stereocenters. The molecule has 0 aliphatic rings. The van der Waals surface area contributed by atoms with Crippen LogP contribution in [-0.4, -0.2) is 39.3 Å². The molecule has 0 saturated carbocycles. The van der Waals surface area contributed by atoms with Gasteiger partial charge in [0.2, 0.25) is 15.9 Å². The molecular formula is C18H22N2O4S. The highest BCUT2D eigenvalue weighted by atomic mass is 32.2. The zero-order valence-corrected chi connectivity index (χ0v) is 15.3. The van der Waals surface area contributed by atoms with Crippen molar-refractivity contribution in [2.24, 2.45) is 0 Å². The molecule has 7 heteroatoms. The third-order valence-electron chi connectivity index (χ3n) is 3.76. The van der Waals surface area contributed by atoms with Crippen LogP contribution in [0.4, 0.5) is 5.69 Å². The lowest BCUT2D eigenvalue weighted by Crippen LogP contribution is -2.29. The zero-order valence-electron chi connectivity index (χ0n) is 14.5. The summed E-state index contributed by atoms with van der Waals surface area (Å²) < 4.78 is 31.6. The highest BCUT2D eigenvalue weighted by molar-refractivity contribution is 7.89. The van der Waals surface area contributed by atoms with Gasteiger partial charge in [0.25, 0.3) is 0 Å². The maximum Gasteiger partial charge on any atom is 0.242 e. The Kier molecular flexibility index (Phi) is 6.17. The molecule has 2 rings (SSSR count). The van der Waals surface area contributed by atoms with Gasteiger partial charge in [0, 0.05) is 26.2 Å². The van der Waals surface area contributed by atoms with Gasteiger partial charge in [-0.05, 0) is 48.4 Å². The Morgan fingerprint density at radius 1 is 1.08 bits per heavy atom. The molecule has 0 spiro atoms. The molecule has 25 heavy (non-hydrogen) atoms. The molecule has 1 N–H and O–H groups in total. The van der Waals surface area contributed by atoms with E-state index in [9.17, 15) is 13.2 Å². The van der Waals surface area contributed by atoms with Gasteiger partial charge in [0.05, 0.1) is 12.0 Å². The Bertz CT molecular complexity index is 815. The van der Waals surface area contributed by atoms with E-state index in [1.807, 2.05) is 24.3 Å². The summed E-state index contributed by atoms with van der Waals surface area (Å²) in [5.74, 6) is 0.566. The molecule has 0 atom stereocenters. The molecule has 6 nitrogen and oxygen atoms in total. The van der Waals surface area contributed by atoms with Crippen molar-refractivity contribution in [3.05, 3.63) is 54.1 Å². The van der Waals surface area contributed by atoms with Crippen LogP contribution in [0.2, 0.25) is 0 Å². The van der Waals surface area contributed by atoms with Crippen LogP contribution in [0, 0.1) is 0 Å². The van der Waals surface area contributed by atoms with Crippen LogP contribution in [0.25, 0.3) is 0 Å². The van der Waals surface area contributed by atoms with Crippen molar-refractivity contribution in [1.29, 1.82) is 0 Å². The van der Waals surface area contributed by atoms with E-state index in [-0.39, 0.29) is 10.8 Å². The van der Waals surface area contributed by atoms with Gasteiger partial charge in [0.1, 0.15) is 5.75 Å². The SMILES string of the molecule is COc1ccc(CCN(C)S(=O)(=O)c2ccc(NC(C)=O)cc2)cc1. The zero-order chi connectivity index (χ0) is 18.4. The Labute approximate surface area is 148 Å². The van der Waals surface area contributed by atoms with E-state index in [0.29, 0.717) is 18.7 Å². The van der Waals surface area contributed by atoms with E-state index in [0.717, 1.165) is 11.3 Å².